The molecule has 5 heteroatoms. The predicted octanol–water partition coefficient (Wildman–Crippen LogP) is 2.45. The molecule has 21 heavy (non-hydrogen) atoms. The Labute approximate surface area is 123 Å². The lowest BCUT2D eigenvalue weighted by molar-refractivity contribution is 0.679. The van der Waals surface area contributed by atoms with Crippen LogP contribution in [0.1, 0.15) is 5.56 Å². The first kappa shape index (κ1) is 13.3. The Hall–Kier alpha value is -2.69. The van der Waals surface area contributed by atoms with Crippen molar-refractivity contribution in [2.75, 3.05) is 19.0 Å². The molecule has 0 bridgehead atoms. The summed E-state index contributed by atoms with van der Waals surface area (Å²) in [6.45, 7) is 0.696. The van der Waals surface area contributed by atoms with Gasteiger partial charge in [-0.15, -0.1) is 5.10 Å². The molecule has 3 aromatic rings. The molecule has 0 N–H and O–H groups in total. The fraction of sp³-hybridized carbons (Fsp3) is 0.188. The van der Waals surface area contributed by atoms with Crippen LogP contribution in [0.2, 0.25) is 0 Å². The van der Waals surface area contributed by atoms with Crippen LogP contribution in [0.25, 0.3) is 11.4 Å². The second-order valence-electron chi connectivity index (χ2n) is 5.01. The highest BCUT2D eigenvalue weighted by Crippen LogP contribution is 2.19. The average molecular weight is 279 g/mol. The van der Waals surface area contributed by atoms with Gasteiger partial charge in [0.05, 0.1) is 6.54 Å². The van der Waals surface area contributed by atoms with Gasteiger partial charge in [0.1, 0.15) is 0 Å². The van der Waals surface area contributed by atoms with Crippen molar-refractivity contribution in [1.82, 2.24) is 19.7 Å². The standard InChI is InChI=1S/C16H17N5/c1-20(2)16-18-15(14-9-6-10-17-11-14)19-21(16)12-13-7-4-3-5-8-13/h3-11H,12H2,1-2H3. The third kappa shape index (κ3) is 2.91. The molecule has 0 saturated carbocycles. The monoisotopic (exact) mass is 279 g/mol. The minimum Gasteiger partial charge on any atom is -0.347 e. The molecular weight excluding hydrogens is 262 g/mol. The number of hydrogen-bond donors (Lipinski definition) is 0. The number of benzene rings is 1. The lowest BCUT2D eigenvalue weighted by atomic mass is 10.2. The van der Waals surface area contributed by atoms with E-state index in [1.807, 2.05) is 54.0 Å². The molecule has 0 spiro atoms. The minimum atomic E-state index is 0.696. The summed E-state index contributed by atoms with van der Waals surface area (Å²) >= 11 is 0. The van der Waals surface area contributed by atoms with Gasteiger partial charge in [-0.1, -0.05) is 30.3 Å². The average Bonchev–Trinajstić information content (AvgIpc) is 2.93. The highest BCUT2D eigenvalue weighted by molar-refractivity contribution is 5.55. The Kier molecular flexibility index (Phi) is 3.64. The zero-order valence-electron chi connectivity index (χ0n) is 12.1. The third-order valence-electron chi connectivity index (χ3n) is 3.15. The molecule has 0 radical (unpaired) electrons. The first-order valence-corrected chi connectivity index (χ1v) is 6.80. The molecule has 0 aliphatic carbocycles. The number of rotatable bonds is 4. The predicted molar refractivity (Wildman–Crippen MR) is 83.1 cm³/mol. The van der Waals surface area contributed by atoms with Gasteiger partial charge in [-0.05, 0) is 17.7 Å². The van der Waals surface area contributed by atoms with Gasteiger partial charge in [-0.2, -0.15) is 4.98 Å². The normalized spacial score (nSPS) is 10.6. The first-order chi connectivity index (χ1) is 10.2. The van der Waals surface area contributed by atoms with Gasteiger partial charge < -0.3 is 4.90 Å². The summed E-state index contributed by atoms with van der Waals surface area (Å²) < 4.78 is 1.91. The summed E-state index contributed by atoms with van der Waals surface area (Å²) in [7, 11) is 3.94. The molecule has 5 nitrogen and oxygen atoms in total. The summed E-state index contributed by atoms with van der Waals surface area (Å²) in [6.07, 6.45) is 3.53. The Morgan fingerprint density at radius 3 is 2.52 bits per heavy atom. The van der Waals surface area contributed by atoms with Crippen LogP contribution in [-0.4, -0.2) is 33.8 Å². The second kappa shape index (κ2) is 5.75. The first-order valence-electron chi connectivity index (χ1n) is 6.80. The van der Waals surface area contributed by atoms with Crippen molar-refractivity contribution in [2.24, 2.45) is 0 Å². The summed E-state index contributed by atoms with van der Waals surface area (Å²) in [5.41, 5.74) is 2.12. The Morgan fingerprint density at radius 1 is 1.05 bits per heavy atom. The van der Waals surface area contributed by atoms with Crippen molar-refractivity contribution in [3.8, 4) is 11.4 Å². The molecule has 0 amide bonds. The molecule has 0 aliphatic heterocycles. The number of anilines is 1. The molecule has 1 aromatic carbocycles. The lowest BCUT2D eigenvalue weighted by Gasteiger charge is -2.12. The molecule has 2 aromatic heterocycles. The fourth-order valence-corrected chi connectivity index (χ4v) is 2.14. The van der Waals surface area contributed by atoms with E-state index >= 15 is 0 Å². The molecule has 2 heterocycles. The van der Waals surface area contributed by atoms with Crippen molar-refractivity contribution in [1.29, 1.82) is 0 Å². The smallest absolute Gasteiger partial charge is 0.224 e. The van der Waals surface area contributed by atoms with Crippen LogP contribution in [0.3, 0.4) is 0 Å². The molecular formula is C16H17N5. The van der Waals surface area contributed by atoms with Gasteiger partial charge >= 0.3 is 0 Å². The molecule has 0 saturated heterocycles. The van der Waals surface area contributed by atoms with E-state index in [2.05, 4.69) is 27.2 Å². The SMILES string of the molecule is CN(C)c1nc(-c2cccnc2)nn1Cc1ccccc1. The van der Waals surface area contributed by atoms with Crippen molar-refractivity contribution in [3.05, 3.63) is 60.4 Å². The summed E-state index contributed by atoms with van der Waals surface area (Å²) in [6, 6.07) is 14.1. The van der Waals surface area contributed by atoms with Crippen molar-refractivity contribution >= 4 is 5.95 Å². The number of pyridine rings is 1. The van der Waals surface area contributed by atoms with Crippen LogP contribution in [0, 0.1) is 0 Å². The Morgan fingerprint density at radius 2 is 1.86 bits per heavy atom. The maximum atomic E-state index is 4.62. The summed E-state index contributed by atoms with van der Waals surface area (Å²) in [4.78, 5) is 10.7. The van der Waals surface area contributed by atoms with E-state index in [0.29, 0.717) is 12.4 Å². The van der Waals surface area contributed by atoms with Crippen molar-refractivity contribution < 1.29 is 0 Å². The van der Waals surface area contributed by atoms with E-state index in [9.17, 15) is 0 Å². The van der Waals surface area contributed by atoms with Gasteiger partial charge in [-0.3, -0.25) is 4.98 Å². The lowest BCUT2D eigenvalue weighted by Crippen LogP contribution is -2.16. The van der Waals surface area contributed by atoms with Crippen LogP contribution >= 0.6 is 0 Å². The largest absolute Gasteiger partial charge is 0.347 e. The van der Waals surface area contributed by atoms with Crippen molar-refractivity contribution in [3.63, 3.8) is 0 Å². The topological polar surface area (TPSA) is 46.8 Å². The number of nitrogens with zero attached hydrogens (tertiary/aromatic N) is 5. The molecule has 106 valence electrons. The summed E-state index contributed by atoms with van der Waals surface area (Å²) in [5, 5.41) is 4.62. The maximum absolute atomic E-state index is 4.62. The quantitative estimate of drug-likeness (QED) is 0.736. The van der Waals surface area contributed by atoms with Crippen LogP contribution < -0.4 is 4.90 Å². The van der Waals surface area contributed by atoms with E-state index < -0.39 is 0 Å². The van der Waals surface area contributed by atoms with E-state index in [1.54, 1.807) is 12.4 Å². The Bertz CT molecular complexity index is 704. The van der Waals surface area contributed by atoms with Gasteiger partial charge in [-0.25, -0.2) is 4.68 Å². The van der Waals surface area contributed by atoms with Crippen LogP contribution in [0.4, 0.5) is 5.95 Å². The maximum Gasteiger partial charge on any atom is 0.224 e. The third-order valence-corrected chi connectivity index (χ3v) is 3.15. The second-order valence-corrected chi connectivity index (χ2v) is 5.01. The fourth-order valence-electron chi connectivity index (χ4n) is 2.14. The zero-order valence-corrected chi connectivity index (χ0v) is 12.1. The van der Waals surface area contributed by atoms with Crippen LogP contribution in [0.5, 0.6) is 0 Å². The molecule has 0 unspecified atom stereocenters. The Balaban J connectivity index is 1.98. The van der Waals surface area contributed by atoms with E-state index in [-0.39, 0.29) is 0 Å². The van der Waals surface area contributed by atoms with Crippen LogP contribution in [-0.2, 0) is 6.54 Å². The zero-order chi connectivity index (χ0) is 14.7. The molecule has 0 atom stereocenters. The van der Waals surface area contributed by atoms with E-state index in [0.717, 1.165) is 11.5 Å². The van der Waals surface area contributed by atoms with Gasteiger partial charge in [0.25, 0.3) is 0 Å². The summed E-state index contributed by atoms with van der Waals surface area (Å²) in [5.74, 6) is 1.53. The van der Waals surface area contributed by atoms with Gasteiger partial charge in [0.15, 0.2) is 5.82 Å². The van der Waals surface area contributed by atoms with E-state index in [4.69, 9.17) is 0 Å². The van der Waals surface area contributed by atoms with Gasteiger partial charge in [0, 0.05) is 32.1 Å². The number of aromatic nitrogens is 4. The van der Waals surface area contributed by atoms with Gasteiger partial charge in [0.2, 0.25) is 5.95 Å². The molecule has 0 fully saturated rings. The molecule has 0 aliphatic rings. The molecule has 3 rings (SSSR count). The van der Waals surface area contributed by atoms with E-state index in [1.165, 1.54) is 5.56 Å². The highest BCUT2D eigenvalue weighted by Gasteiger charge is 2.13. The highest BCUT2D eigenvalue weighted by atomic mass is 15.4. The number of hydrogen-bond acceptors (Lipinski definition) is 4. The minimum absolute atomic E-state index is 0.696. The van der Waals surface area contributed by atoms with Crippen molar-refractivity contribution in [2.45, 2.75) is 6.54 Å². The van der Waals surface area contributed by atoms with Crippen LogP contribution in [0.15, 0.2) is 54.9 Å².